The van der Waals surface area contributed by atoms with Gasteiger partial charge >= 0.3 is 0 Å². The second-order valence-electron chi connectivity index (χ2n) is 5.19. The van der Waals surface area contributed by atoms with Crippen molar-refractivity contribution in [3.05, 3.63) is 29.3 Å². The smallest absolute Gasteiger partial charge is 0.169 e. The zero-order chi connectivity index (χ0) is 15.8. The molecule has 0 unspecified atom stereocenters. The number of hydrogen-bond donors (Lipinski definition) is 3. The maximum Gasteiger partial charge on any atom is 0.169 e. The summed E-state index contributed by atoms with van der Waals surface area (Å²) in [5.41, 5.74) is 0.134. The molecule has 0 bridgehead atoms. The van der Waals surface area contributed by atoms with Gasteiger partial charge in [-0.2, -0.15) is 0 Å². The second-order valence-corrected chi connectivity index (χ2v) is 5.19. The van der Waals surface area contributed by atoms with Crippen molar-refractivity contribution >= 4 is 5.78 Å². The number of ketones is 1. The number of phenols is 3. The quantitative estimate of drug-likeness (QED) is 0.220. The third-order valence-electron chi connectivity index (χ3n) is 3.48. The van der Waals surface area contributed by atoms with Crippen molar-refractivity contribution in [2.24, 2.45) is 0 Å². The maximum absolute atomic E-state index is 12.0. The molecule has 0 aliphatic carbocycles. The van der Waals surface area contributed by atoms with Crippen molar-refractivity contribution in [3.8, 4) is 17.2 Å². The van der Waals surface area contributed by atoms with Crippen LogP contribution in [0.2, 0.25) is 0 Å². The molecule has 0 fully saturated rings. The van der Waals surface area contributed by atoms with Gasteiger partial charge in [-0.05, 0) is 32.3 Å². The predicted molar refractivity (Wildman–Crippen MR) is 83.0 cm³/mol. The molecule has 0 heterocycles. The van der Waals surface area contributed by atoms with E-state index in [0.717, 1.165) is 12.8 Å². The van der Waals surface area contributed by atoms with Gasteiger partial charge in [0.15, 0.2) is 17.3 Å². The summed E-state index contributed by atoms with van der Waals surface area (Å²) in [5, 5.41) is 29.0. The number of benzene rings is 1. The van der Waals surface area contributed by atoms with E-state index >= 15 is 0 Å². The Kier molecular flexibility index (Phi) is 6.79. The number of carbonyl (C=O) groups is 1. The molecule has 0 saturated carbocycles. The first-order valence-corrected chi connectivity index (χ1v) is 7.41. The van der Waals surface area contributed by atoms with Crippen molar-refractivity contribution < 1.29 is 20.1 Å². The summed E-state index contributed by atoms with van der Waals surface area (Å²) in [4.78, 5) is 12.0. The number of aromatic hydroxyl groups is 3. The van der Waals surface area contributed by atoms with Gasteiger partial charge in [-0.25, -0.2) is 0 Å². The molecule has 0 atom stereocenters. The number of carbonyl (C=O) groups excluding carboxylic acids is 1. The molecule has 1 aromatic carbocycles. The topological polar surface area (TPSA) is 77.8 Å². The number of allylic oxidation sites excluding steroid dienone is 2. The first-order valence-electron chi connectivity index (χ1n) is 7.41. The fourth-order valence-corrected chi connectivity index (χ4v) is 2.05. The van der Waals surface area contributed by atoms with Gasteiger partial charge in [-0.3, -0.25) is 4.79 Å². The normalized spacial score (nSPS) is 11.1. The summed E-state index contributed by atoms with van der Waals surface area (Å²) in [7, 11) is 0. The van der Waals surface area contributed by atoms with Crippen molar-refractivity contribution in [2.45, 2.75) is 52.4 Å². The van der Waals surface area contributed by atoms with Crippen LogP contribution in [0.5, 0.6) is 17.2 Å². The van der Waals surface area contributed by atoms with E-state index in [9.17, 15) is 20.1 Å². The lowest BCUT2D eigenvalue weighted by molar-refractivity contribution is 0.0980. The fourth-order valence-electron chi connectivity index (χ4n) is 2.05. The average Bonchev–Trinajstić information content (AvgIpc) is 2.47. The first-order chi connectivity index (χ1) is 9.99. The Labute approximate surface area is 125 Å². The van der Waals surface area contributed by atoms with E-state index in [4.69, 9.17) is 0 Å². The minimum absolute atomic E-state index is 0.0324. The minimum atomic E-state index is -0.456. The SMILES string of the molecule is CCCCC/C=C/CCC(=O)c1cc(O)c(C)c(O)c1O. The highest BCUT2D eigenvalue weighted by Crippen LogP contribution is 2.38. The van der Waals surface area contributed by atoms with Crippen LogP contribution in [-0.4, -0.2) is 21.1 Å². The number of hydrogen-bond acceptors (Lipinski definition) is 4. The van der Waals surface area contributed by atoms with Crippen LogP contribution in [0.15, 0.2) is 18.2 Å². The summed E-state index contributed by atoms with van der Waals surface area (Å²) < 4.78 is 0. The van der Waals surface area contributed by atoms with E-state index in [2.05, 4.69) is 13.0 Å². The Morgan fingerprint density at radius 3 is 2.43 bits per heavy atom. The maximum atomic E-state index is 12.0. The Hall–Kier alpha value is -1.97. The van der Waals surface area contributed by atoms with Crippen LogP contribution in [0.4, 0.5) is 0 Å². The number of phenolic OH excluding ortho intramolecular Hbond substituents is 3. The van der Waals surface area contributed by atoms with Gasteiger partial charge in [-0.15, -0.1) is 0 Å². The lowest BCUT2D eigenvalue weighted by Gasteiger charge is -2.09. The first kappa shape index (κ1) is 17.1. The van der Waals surface area contributed by atoms with E-state index in [-0.39, 0.29) is 29.1 Å². The molecule has 0 aliphatic rings. The molecule has 21 heavy (non-hydrogen) atoms. The van der Waals surface area contributed by atoms with Gasteiger partial charge in [0.25, 0.3) is 0 Å². The molecule has 0 aliphatic heterocycles. The number of rotatable bonds is 8. The molecule has 1 aromatic rings. The molecule has 3 N–H and O–H groups in total. The van der Waals surface area contributed by atoms with Crippen LogP contribution in [0.3, 0.4) is 0 Å². The Bertz CT molecular complexity index is 518. The van der Waals surface area contributed by atoms with Gasteiger partial charge in [0, 0.05) is 12.0 Å². The van der Waals surface area contributed by atoms with Gasteiger partial charge < -0.3 is 15.3 Å². The third kappa shape index (κ3) is 4.81. The van der Waals surface area contributed by atoms with Gasteiger partial charge in [0.2, 0.25) is 0 Å². The number of Topliss-reactive ketones (excluding diaryl/α,β-unsaturated/α-hetero) is 1. The molecule has 0 amide bonds. The summed E-state index contributed by atoms with van der Waals surface area (Å²) in [5.74, 6) is -1.38. The summed E-state index contributed by atoms with van der Waals surface area (Å²) in [6, 6.07) is 1.21. The molecule has 0 radical (unpaired) electrons. The molecule has 116 valence electrons. The lowest BCUT2D eigenvalue weighted by atomic mass is 10.0. The van der Waals surface area contributed by atoms with E-state index in [1.165, 1.54) is 25.8 Å². The van der Waals surface area contributed by atoms with Crippen molar-refractivity contribution in [1.29, 1.82) is 0 Å². The standard InChI is InChI=1S/C17H24O4/c1-3-4-5-6-7-8-9-10-14(18)13-11-15(19)12(2)16(20)17(13)21/h7-8,11,19-21H,3-6,9-10H2,1-2H3/b8-7+. The van der Waals surface area contributed by atoms with Gasteiger partial charge in [-0.1, -0.05) is 31.9 Å². The van der Waals surface area contributed by atoms with E-state index in [0.29, 0.717) is 6.42 Å². The molecular weight excluding hydrogens is 268 g/mol. The highest BCUT2D eigenvalue weighted by atomic mass is 16.3. The zero-order valence-corrected chi connectivity index (χ0v) is 12.7. The fraction of sp³-hybridized carbons (Fsp3) is 0.471. The van der Waals surface area contributed by atoms with Crippen LogP contribution >= 0.6 is 0 Å². The lowest BCUT2D eigenvalue weighted by Crippen LogP contribution is -1.99. The molecule has 0 aromatic heterocycles. The Balaban J connectivity index is 2.57. The molecule has 4 nitrogen and oxygen atoms in total. The van der Waals surface area contributed by atoms with Crippen LogP contribution in [0, 0.1) is 6.92 Å². The summed E-state index contributed by atoms with van der Waals surface area (Å²) in [6.07, 6.45) is 9.40. The van der Waals surface area contributed by atoms with Crippen molar-refractivity contribution in [3.63, 3.8) is 0 Å². The predicted octanol–water partition coefficient (Wildman–Crippen LogP) is 4.21. The highest BCUT2D eigenvalue weighted by Gasteiger charge is 2.18. The van der Waals surface area contributed by atoms with E-state index in [1.807, 2.05) is 6.08 Å². The molecule has 0 saturated heterocycles. The average molecular weight is 292 g/mol. The van der Waals surface area contributed by atoms with Crippen LogP contribution in [-0.2, 0) is 0 Å². The molecular formula is C17H24O4. The van der Waals surface area contributed by atoms with Crippen LogP contribution in [0.25, 0.3) is 0 Å². The van der Waals surface area contributed by atoms with Gasteiger partial charge in [0.1, 0.15) is 5.75 Å². The van der Waals surface area contributed by atoms with Crippen LogP contribution < -0.4 is 0 Å². The number of unbranched alkanes of at least 4 members (excludes halogenated alkanes) is 3. The zero-order valence-electron chi connectivity index (χ0n) is 12.7. The van der Waals surface area contributed by atoms with Crippen molar-refractivity contribution in [1.82, 2.24) is 0 Å². The Morgan fingerprint density at radius 1 is 1.10 bits per heavy atom. The molecule has 4 heteroatoms. The van der Waals surface area contributed by atoms with E-state index < -0.39 is 11.5 Å². The highest BCUT2D eigenvalue weighted by molar-refractivity contribution is 6.00. The van der Waals surface area contributed by atoms with Crippen LogP contribution in [0.1, 0.15) is 61.4 Å². The third-order valence-corrected chi connectivity index (χ3v) is 3.48. The van der Waals surface area contributed by atoms with Gasteiger partial charge in [0.05, 0.1) is 5.56 Å². The Morgan fingerprint density at radius 2 is 1.76 bits per heavy atom. The monoisotopic (exact) mass is 292 g/mol. The molecule has 1 rings (SSSR count). The van der Waals surface area contributed by atoms with E-state index in [1.54, 1.807) is 0 Å². The van der Waals surface area contributed by atoms with Crippen molar-refractivity contribution in [2.75, 3.05) is 0 Å². The molecule has 0 spiro atoms. The minimum Gasteiger partial charge on any atom is -0.508 e. The second kappa shape index (κ2) is 8.35. The largest absolute Gasteiger partial charge is 0.508 e. The summed E-state index contributed by atoms with van der Waals surface area (Å²) in [6.45, 7) is 3.62. The summed E-state index contributed by atoms with van der Waals surface area (Å²) >= 11 is 0.